The van der Waals surface area contributed by atoms with E-state index in [1.807, 2.05) is 6.92 Å². The molecule has 3 N–H and O–H groups in total. The maximum atomic E-state index is 11.9. The van der Waals surface area contributed by atoms with Crippen LogP contribution in [0.15, 0.2) is 0 Å². The van der Waals surface area contributed by atoms with Gasteiger partial charge in [-0.25, -0.2) is 4.57 Å². The van der Waals surface area contributed by atoms with Crippen LogP contribution in [-0.2, 0) is 23.2 Å². The van der Waals surface area contributed by atoms with Gasteiger partial charge in [-0.05, 0) is 31.6 Å². The lowest BCUT2D eigenvalue weighted by atomic mass is 9.97. The molecule has 0 aliphatic rings. The van der Waals surface area contributed by atoms with Gasteiger partial charge in [-0.1, -0.05) is 19.8 Å². The van der Waals surface area contributed by atoms with Gasteiger partial charge in [-0.15, -0.1) is 0 Å². The van der Waals surface area contributed by atoms with Crippen LogP contribution in [0.4, 0.5) is 0 Å². The molecule has 0 aromatic carbocycles. The van der Waals surface area contributed by atoms with Crippen molar-refractivity contribution in [1.29, 1.82) is 0 Å². The fraction of sp³-hybridized carbons (Fsp3) is 0.882. The van der Waals surface area contributed by atoms with Crippen molar-refractivity contribution in [2.45, 2.75) is 64.7 Å². The summed E-state index contributed by atoms with van der Waals surface area (Å²) in [6.45, 7) is 2.44. The van der Waals surface area contributed by atoms with Gasteiger partial charge in [0.2, 0.25) is 5.91 Å². The van der Waals surface area contributed by atoms with Crippen molar-refractivity contribution in [2.75, 3.05) is 26.9 Å². The van der Waals surface area contributed by atoms with Crippen LogP contribution < -0.4 is 5.32 Å². The first-order valence-corrected chi connectivity index (χ1v) is 10.8. The highest BCUT2D eigenvalue weighted by Gasteiger charge is 2.20. The second kappa shape index (κ2) is 15.3. The van der Waals surface area contributed by atoms with Crippen LogP contribution in [-0.4, -0.2) is 48.6 Å². The van der Waals surface area contributed by atoms with Crippen LogP contribution in [0.25, 0.3) is 0 Å². The Morgan fingerprint density at radius 3 is 2.50 bits per heavy atom. The van der Waals surface area contributed by atoms with E-state index in [4.69, 9.17) is 9.42 Å². The van der Waals surface area contributed by atoms with E-state index >= 15 is 0 Å². The van der Waals surface area contributed by atoms with Crippen molar-refractivity contribution in [3.05, 3.63) is 0 Å². The van der Waals surface area contributed by atoms with Gasteiger partial charge in [-0.2, -0.15) is 0 Å². The molecule has 0 radical (unpaired) electrons. The zero-order chi connectivity index (χ0) is 19.8. The predicted molar refractivity (Wildman–Crippen MR) is 98.6 cm³/mol. The second-order valence-electron chi connectivity index (χ2n) is 6.33. The molecule has 1 amide bonds. The number of hydrogen-bond acceptors (Lipinski definition) is 6. The lowest BCUT2D eigenvalue weighted by Gasteiger charge is -2.14. The maximum absolute atomic E-state index is 11.9. The molecule has 154 valence electrons. The minimum Gasteiger partial charge on any atom is -0.396 e. The number of phosphoric ester groups is 1. The summed E-state index contributed by atoms with van der Waals surface area (Å²) in [6.07, 6.45) is 5.86. The monoisotopic (exact) mass is 395 g/mol. The molecule has 0 aromatic rings. The van der Waals surface area contributed by atoms with Crippen molar-refractivity contribution in [3.8, 4) is 0 Å². The fourth-order valence-electron chi connectivity index (χ4n) is 2.35. The molecule has 0 aliphatic carbocycles. The Morgan fingerprint density at radius 1 is 1.15 bits per heavy atom. The number of rotatable bonds is 17. The predicted octanol–water partition coefficient (Wildman–Crippen LogP) is 2.57. The summed E-state index contributed by atoms with van der Waals surface area (Å²) < 4.78 is 20.1. The summed E-state index contributed by atoms with van der Waals surface area (Å²) in [5.74, 6) is -0.163. The van der Waals surface area contributed by atoms with Gasteiger partial charge in [-0.3, -0.25) is 18.6 Å². The number of unbranched alkanes of at least 4 members (excludes halogenated alkanes) is 3. The summed E-state index contributed by atoms with van der Waals surface area (Å²) in [5, 5.41) is 12.2. The van der Waals surface area contributed by atoms with E-state index in [0.717, 1.165) is 39.2 Å². The molecule has 0 heterocycles. The average molecular weight is 395 g/mol. The Labute approximate surface area is 156 Å². The smallest absolute Gasteiger partial charge is 0.396 e. The first kappa shape index (κ1) is 25.2. The molecule has 0 saturated carbocycles. The maximum Gasteiger partial charge on any atom is 0.471 e. The molecule has 26 heavy (non-hydrogen) atoms. The lowest BCUT2D eigenvalue weighted by molar-refractivity contribution is -0.121. The lowest BCUT2D eigenvalue weighted by Crippen LogP contribution is -2.23. The first-order chi connectivity index (χ1) is 12.3. The quantitative estimate of drug-likeness (QED) is 0.255. The third-order valence-corrected chi connectivity index (χ3v) is 4.97. The van der Waals surface area contributed by atoms with Crippen LogP contribution >= 0.6 is 7.82 Å². The van der Waals surface area contributed by atoms with E-state index in [0.29, 0.717) is 25.8 Å². The van der Waals surface area contributed by atoms with Crippen molar-refractivity contribution in [2.24, 2.45) is 5.92 Å². The molecule has 0 bridgehead atoms. The van der Waals surface area contributed by atoms with Gasteiger partial charge in [0.15, 0.2) is 0 Å². The van der Waals surface area contributed by atoms with Crippen molar-refractivity contribution in [3.63, 3.8) is 0 Å². The molecule has 0 saturated heterocycles. The molecule has 0 spiro atoms. The SMILES string of the molecule is CCCCC(=O)NCCCCCC(=O)C[C@H](CO)CCOP(=O)(O)OC. The normalized spacial score (nSPS) is 14.6. The molecule has 9 heteroatoms. The van der Waals surface area contributed by atoms with E-state index in [1.165, 1.54) is 0 Å². The average Bonchev–Trinajstić information content (AvgIpc) is 2.61. The van der Waals surface area contributed by atoms with E-state index in [-0.39, 0.29) is 37.2 Å². The summed E-state index contributed by atoms with van der Waals surface area (Å²) in [6, 6.07) is 0. The Kier molecular flexibility index (Phi) is 14.8. The molecule has 1 unspecified atom stereocenters. The van der Waals surface area contributed by atoms with Gasteiger partial charge in [0, 0.05) is 39.5 Å². The van der Waals surface area contributed by atoms with Crippen molar-refractivity contribution in [1.82, 2.24) is 5.32 Å². The minimum atomic E-state index is -4.01. The highest BCUT2D eigenvalue weighted by atomic mass is 31.2. The number of nitrogens with one attached hydrogen (secondary N) is 1. The molecule has 0 aliphatic heterocycles. The van der Waals surface area contributed by atoms with Crippen LogP contribution in [0.2, 0.25) is 0 Å². The molecule has 2 atom stereocenters. The number of amides is 1. The molecular formula is C17H34NO7P. The van der Waals surface area contributed by atoms with Crippen molar-refractivity contribution < 1.29 is 33.2 Å². The summed E-state index contributed by atoms with van der Waals surface area (Å²) >= 11 is 0. The number of ketones is 1. The van der Waals surface area contributed by atoms with Gasteiger partial charge < -0.3 is 15.3 Å². The van der Waals surface area contributed by atoms with Crippen molar-refractivity contribution >= 4 is 19.5 Å². The zero-order valence-electron chi connectivity index (χ0n) is 15.9. The number of hydrogen-bond donors (Lipinski definition) is 3. The van der Waals surface area contributed by atoms with Crippen LogP contribution in [0.1, 0.15) is 64.7 Å². The molecule has 0 fully saturated rings. The molecule has 0 aromatic heterocycles. The Bertz CT molecular complexity index is 445. The number of phosphoric acid groups is 1. The zero-order valence-corrected chi connectivity index (χ0v) is 16.8. The number of carbonyl (C=O) groups is 2. The second-order valence-corrected chi connectivity index (χ2v) is 7.89. The molecule has 0 rings (SSSR count). The Hall–Kier alpha value is -0.790. The van der Waals surface area contributed by atoms with E-state index in [9.17, 15) is 19.3 Å². The minimum absolute atomic E-state index is 0.0509. The van der Waals surface area contributed by atoms with Gasteiger partial charge in [0.1, 0.15) is 5.78 Å². The number of Topliss-reactive ketones (excluding diaryl/α,β-unsaturated/α-hetero) is 1. The van der Waals surface area contributed by atoms with Crippen LogP contribution in [0.3, 0.4) is 0 Å². The summed E-state index contributed by atoms with van der Waals surface area (Å²) in [7, 11) is -2.94. The number of aliphatic hydroxyl groups is 1. The van der Waals surface area contributed by atoms with Crippen LogP contribution in [0.5, 0.6) is 0 Å². The fourth-order valence-corrected chi connectivity index (χ4v) is 2.79. The third kappa shape index (κ3) is 14.4. The highest BCUT2D eigenvalue weighted by Crippen LogP contribution is 2.42. The van der Waals surface area contributed by atoms with E-state index in [2.05, 4.69) is 9.84 Å². The highest BCUT2D eigenvalue weighted by molar-refractivity contribution is 7.47. The number of aliphatic hydroxyl groups excluding tert-OH is 1. The number of carbonyl (C=O) groups excluding carboxylic acids is 2. The topological polar surface area (TPSA) is 122 Å². The van der Waals surface area contributed by atoms with E-state index < -0.39 is 7.82 Å². The Balaban J connectivity index is 3.75. The van der Waals surface area contributed by atoms with Gasteiger partial charge in [0.05, 0.1) is 6.61 Å². The largest absolute Gasteiger partial charge is 0.471 e. The van der Waals surface area contributed by atoms with Gasteiger partial charge >= 0.3 is 7.82 Å². The molecule has 8 nitrogen and oxygen atoms in total. The summed E-state index contributed by atoms with van der Waals surface area (Å²) in [4.78, 5) is 32.5. The first-order valence-electron chi connectivity index (χ1n) is 9.27. The van der Waals surface area contributed by atoms with E-state index in [1.54, 1.807) is 0 Å². The summed E-state index contributed by atoms with van der Waals surface area (Å²) in [5.41, 5.74) is 0. The molecular weight excluding hydrogens is 361 g/mol. The van der Waals surface area contributed by atoms with Gasteiger partial charge in [0.25, 0.3) is 0 Å². The standard InChI is InChI=1S/C17H34NO7P/c1-3-4-9-17(21)18-11-7-5-6-8-16(20)13-15(14-19)10-12-25-26(22,23)24-2/h15,19H,3-14H2,1-2H3,(H,18,21)(H,22,23)/t15-/m1/s1. The van der Waals surface area contributed by atoms with Crippen LogP contribution in [0, 0.1) is 5.92 Å². The Morgan fingerprint density at radius 2 is 1.88 bits per heavy atom. The third-order valence-electron chi connectivity index (χ3n) is 4.00.